The first-order chi connectivity index (χ1) is 11.8. The minimum absolute atomic E-state index is 0.318. The summed E-state index contributed by atoms with van der Waals surface area (Å²) in [5.74, 6) is 0.357. The van der Waals surface area contributed by atoms with Crippen molar-refractivity contribution >= 4 is 5.91 Å². The summed E-state index contributed by atoms with van der Waals surface area (Å²) in [6, 6.07) is 20.0. The van der Waals surface area contributed by atoms with Gasteiger partial charge in [-0.2, -0.15) is 0 Å². The van der Waals surface area contributed by atoms with Crippen LogP contribution in [-0.4, -0.2) is 16.8 Å². The number of carbonyl (C=O) groups excluding carboxylic acids is 1. The number of benzene rings is 2. The Balaban J connectivity index is 1.41. The van der Waals surface area contributed by atoms with Gasteiger partial charge in [0.1, 0.15) is 0 Å². The lowest BCUT2D eigenvalue weighted by Crippen LogP contribution is -2.35. The Labute approximate surface area is 144 Å². The van der Waals surface area contributed by atoms with E-state index in [1.165, 1.54) is 29.5 Å². The van der Waals surface area contributed by atoms with Crippen molar-refractivity contribution in [3.63, 3.8) is 0 Å². The van der Waals surface area contributed by atoms with E-state index in [1.54, 1.807) is 0 Å². The zero-order valence-electron chi connectivity index (χ0n) is 14.2. The molecule has 0 saturated heterocycles. The van der Waals surface area contributed by atoms with Crippen LogP contribution in [0.3, 0.4) is 0 Å². The predicted octanol–water partition coefficient (Wildman–Crippen LogP) is 4.69. The number of aryl methyl sites for hydroxylation is 2. The van der Waals surface area contributed by atoms with E-state index in [4.69, 9.17) is 0 Å². The van der Waals surface area contributed by atoms with Gasteiger partial charge in [0.2, 0.25) is 5.91 Å². The van der Waals surface area contributed by atoms with Crippen molar-refractivity contribution < 1.29 is 4.79 Å². The molecule has 0 spiro atoms. The van der Waals surface area contributed by atoms with E-state index in [0.717, 1.165) is 25.7 Å². The molecule has 2 heteroatoms. The SMILES string of the molecule is O=C(CCCc1ccccc1)N(C1CC1)C1CCc2ccccc21. The highest BCUT2D eigenvalue weighted by atomic mass is 16.2. The van der Waals surface area contributed by atoms with Gasteiger partial charge < -0.3 is 4.90 Å². The van der Waals surface area contributed by atoms with Crippen LogP contribution in [0.2, 0.25) is 0 Å². The first-order valence-electron chi connectivity index (χ1n) is 9.26. The molecule has 0 radical (unpaired) electrons. The average Bonchev–Trinajstić information content (AvgIpc) is 3.36. The Morgan fingerprint density at radius 2 is 1.71 bits per heavy atom. The fraction of sp³-hybridized carbons (Fsp3) is 0.409. The molecule has 2 aromatic carbocycles. The first kappa shape index (κ1) is 15.4. The molecule has 0 heterocycles. The molecule has 0 bridgehead atoms. The number of carbonyl (C=O) groups is 1. The summed E-state index contributed by atoms with van der Waals surface area (Å²) < 4.78 is 0. The third kappa shape index (κ3) is 3.24. The first-order valence-corrected chi connectivity index (χ1v) is 9.26. The summed E-state index contributed by atoms with van der Waals surface area (Å²) >= 11 is 0. The summed E-state index contributed by atoms with van der Waals surface area (Å²) in [6.07, 6.45) is 7.19. The van der Waals surface area contributed by atoms with E-state index in [2.05, 4.69) is 53.4 Å². The highest BCUT2D eigenvalue weighted by Gasteiger charge is 2.39. The van der Waals surface area contributed by atoms with E-state index in [1.807, 2.05) is 6.07 Å². The van der Waals surface area contributed by atoms with Crippen molar-refractivity contribution in [1.82, 2.24) is 4.90 Å². The van der Waals surface area contributed by atoms with Crippen LogP contribution in [0.25, 0.3) is 0 Å². The normalized spacial score (nSPS) is 19.1. The monoisotopic (exact) mass is 319 g/mol. The molecule has 2 aliphatic rings. The van der Waals surface area contributed by atoms with Crippen molar-refractivity contribution in [2.45, 2.75) is 57.0 Å². The van der Waals surface area contributed by atoms with Crippen LogP contribution in [0.15, 0.2) is 54.6 Å². The van der Waals surface area contributed by atoms with Gasteiger partial charge in [0.25, 0.3) is 0 Å². The molecule has 0 aromatic heterocycles. The summed E-state index contributed by atoms with van der Waals surface area (Å²) in [5, 5.41) is 0. The van der Waals surface area contributed by atoms with Gasteiger partial charge in [-0.25, -0.2) is 0 Å². The van der Waals surface area contributed by atoms with Crippen molar-refractivity contribution in [3.8, 4) is 0 Å². The topological polar surface area (TPSA) is 20.3 Å². The summed E-state index contributed by atoms with van der Waals surface area (Å²) in [5.41, 5.74) is 4.15. The predicted molar refractivity (Wildman–Crippen MR) is 96.8 cm³/mol. The van der Waals surface area contributed by atoms with E-state index in [0.29, 0.717) is 24.4 Å². The quantitative estimate of drug-likeness (QED) is 0.756. The van der Waals surface area contributed by atoms with Crippen LogP contribution < -0.4 is 0 Å². The third-order valence-electron chi connectivity index (χ3n) is 5.36. The van der Waals surface area contributed by atoms with Gasteiger partial charge in [-0.1, -0.05) is 54.6 Å². The van der Waals surface area contributed by atoms with Gasteiger partial charge in [0.15, 0.2) is 0 Å². The van der Waals surface area contributed by atoms with E-state index in [-0.39, 0.29) is 0 Å². The number of hydrogen-bond donors (Lipinski definition) is 0. The Morgan fingerprint density at radius 3 is 2.50 bits per heavy atom. The lowest BCUT2D eigenvalue weighted by atomic mass is 10.0. The standard InChI is InChI=1S/C22H25NO/c24-22(12-6-9-17-7-2-1-3-8-17)23(19-14-15-19)21-16-13-18-10-4-5-11-20(18)21/h1-5,7-8,10-11,19,21H,6,9,12-16H2. The maximum absolute atomic E-state index is 12.9. The molecule has 2 aromatic rings. The van der Waals surface area contributed by atoms with Gasteiger partial charge >= 0.3 is 0 Å². The molecule has 1 atom stereocenters. The van der Waals surface area contributed by atoms with E-state index < -0.39 is 0 Å². The number of amides is 1. The second-order valence-corrected chi connectivity index (χ2v) is 7.12. The van der Waals surface area contributed by atoms with Crippen LogP contribution >= 0.6 is 0 Å². The fourth-order valence-electron chi connectivity index (χ4n) is 4.03. The molecule has 1 unspecified atom stereocenters. The van der Waals surface area contributed by atoms with Crippen LogP contribution in [0.4, 0.5) is 0 Å². The van der Waals surface area contributed by atoms with Crippen LogP contribution in [0, 0.1) is 0 Å². The Morgan fingerprint density at radius 1 is 0.958 bits per heavy atom. The van der Waals surface area contributed by atoms with Crippen LogP contribution in [-0.2, 0) is 17.6 Å². The van der Waals surface area contributed by atoms with Crippen molar-refractivity contribution in [3.05, 3.63) is 71.3 Å². The molecular formula is C22H25NO. The van der Waals surface area contributed by atoms with Crippen molar-refractivity contribution in [2.24, 2.45) is 0 Å². The molecule has 4 rings (SSSR count). The van der Waals surface area contributed by atoms with Crippen molar-refractivity contribution in [1.29, 1.82) is 0 Å². The Kier molecular flexibility index (Phi) is 4.38. The Hall–Kier alpha value is -2.09. The minimum atomic E-state index is 0.318. The van der Waals surface area contributed by atoms with Gasteiger partial charge in [-0.3, -0.25) is 4.79 Å². The summed E-state index contributed by atoms with van der Waals surface area (Å²) in [6.45, 7) is 0. The molecular weight excluding hydrogens is 294 g/mol. The van der Waals surface area contributed by atoms with Gasteiger partial charge in [-0.05, 0) is 55.2 Å². The fourth-order valence-corrected chi connectivity index (χ4v) is 4.03. The van der Waals surface area contributed by atoms with Crippen LogP contribution in [0.1, 0.15) is 54.8 Å². The lowest BCUT2D eigenvalue weighted by Gasteiger charge is -2.30. The van der Waals surface area contributed by atoms with Gasteiger partial charge in [0, 0.05) is 12.5 Å². The smallest absolute Gasteiger partial charge is 0.223 e. The molecule has 24 heavy (non-hydrogen) atoms. The molecule has 2 aliphatic carbocycles. The zero-order valence-corrected chi connectivity index (χ0v) is 14.2. The summed E-state index contributed by atoms with van der Waals surface area (Å²) in [4.78, 5) is 15.2. The van der Waals surface area contributed by atoms with Crippen molar-refractivity contribution in [2.75, 3.05) is 0 Å². The maximum Gasteiger partial charge on any atom is 0.223 e. The number of nitrogens with zero attached hydrogens (tertiary/aromatic N) is 1. The molecule has 1 amide bonds. The molecule has 0 aliphatic heterocycles. The van der Waals surface area contributed by atoms with Gasteiger partial charge in [-0.15, -0.1) is 0 Å². The molecule has 1 saturated carbocycles. The number of rotatable bonds is 6. The maximum atomic E-state index is 12.9. The highest BCUT2D eigenvalue weighted by Crippen LogP contribution is 2.42. The second kappa shape index (κ2) is 6.80. The summed E-state index contributed by atoms with van der Waals surface area (Å²) in [7, 11) is 0. The molecule has 1 fully saturated rings. The largest absolute Gasteiger partial charge is 0.333 e. The zero-order chi connectivity index (χ0) is 16.4. The minimum Gasteiger partial charge on any atom is -0.333 e. The average molecular weight is 319 g/mol. The molecule has 0 N–H and O–H groups in total. The van der Waals surface area contributed by atoms with Gasteiger partial charge in [0.05, 0.1) is 6.04 Å². The number of fused-ring (bicyclic) bond motifs is 1. The van der Waals surface area contributed by atoms with E-state index in [9.17, 15) is 4.79 Å². The lowest BCUT2D eigenvalue weighted by molar-refractivity contribution is -0.134. The highest BCUT2D eigenvalue weighted by molar-refractivity contribution is 5.77. The van der Waals surface area contributed by atoms with Crippen LogP contribution in [0.5, 0.6) is 0 Å². The van der Waals surface area contributed by atoms with E-state index >= 15 is 0 Å². The second-order valence-electron chi connectivity index (χ2n) is 7.12. The number of hydrogen-bond acceptors (Lipinski definition) is 1. The Bertz CT molecular complexity index is 705. The molecule has 2 nitrogen and oxygen atoms in total. The third-order valence-corrected chi connectivity index (χ3v) is 5.36. The molecule has 124 valence electrons.